The zero-order chi connectivity index (χ0) is 20.1. The van der Waals surface area contributed by atoms with Crippen LogP contribution in [0.2, 0.25) is 0 Å². The normalized spacial score (nSPS) is 20.2. The van der Waals surface area contributed by atoms with Crippen molar-refractivity contribution in [2.24, 2.45) is 10.9 Å². The van der Waals surface area contributed by atoms with Gasteiger partial charge in [-0.05, 0) is 31.4 Å². The predicted octanol–water partition coefficient (Wildman–Crippen LogP) is 2.33. The molecule has 0 bridgehead atoms. The molecule has 1 aliphatic heterocycles. The summed E-state index contributed by atoms with van der Waals surface area (Å²) in [5.41, 5.74) is 2.13. The van der Waals surface area contributed by atoms with Crippen LogP contribution in [-0.2, 0) is 11.3 Å². The number of aromatic nitrogens is 2. The highest BCUT2D eigenvalue weighted by Crippen LogP contribution is 2.27. The Morgan fingerprint density at radius 2 is 2.00 bits per heavy atom. The highest BCUT2D eigenvalue weighted by molar-refractivity contribution is 5.81. The first-order chi connectivity index (χ1) is 14.2. The van der Waals surface area contributed by atoms with Crippen LogP contribution in [0.25, 0.3) is 5.69 Å². The number of carbonyl (C=O) groups excluding carboxylic acids is 1. The molecule has 2 N–H and O–H groups in total. The summed E-state index contributed by atoms with van der Waals surface area (Å²) >= 11 is 0. The van der Waals surface area contributed by atoms with Gasteiger partial charge >= 0.3 is 0 Å². The van der Waals surface area contributed by atoms with Gasteiger partial charge in [0.05, 0.1) is 11.9 Å². The van der Waals surface area contributed by atoms with E-state index in [1.165, 1.54) is 12.8 Å². The Hall–Kier alpha value is -2.83. The second-order valence-electron chi connectivity index (χ2n) is 7.95. The first-order valence-electron chi connectivity index (χ1n) is 10.6. The third-order valence-electron chi connectivity index (χ3n) is 5.89. The summed E-state index contributed by atoms with van der Waals surface area (Å²) in [6.45, 7) is 2.25. The van der Waals surface area contributed by atoms with Crippen molar-refractivity contribution >= 4 is 11.9 Å². The van der Waals surface area contributed by atoms with Crippen LogP contribution < -0.4 is 10.6 Å². The molecule has 7 nitrogen and oxygen atoms in total. The van der Waals surface area contributed by atoms with Crippen molar-refractivity contribution in [3.8, 4) is 5.69 Å². The van der Waals surface area contributed by atoms with E-state index >= 15 is 0 Å². The maximum atomic E-state index is 12.6. The number of guanidine groups is 1. The summed E-state index contributed by atoms with van der Waals surface area (Å²) in [6.07, 6.45) is 9.37. The molecule has 7 heteroatoms. The number of likely N-dealkylation sites (tertiary alicyclic amines) is 1. The van der Waals surface area contributed by atoms with Gasteiger partial charge in [-0.1, -0.05) is 31.0 Å². The highest BCUT2D eigenvalue weighted by atomic mass is 16.2. The van der Waals surface area contributed by atoms with Crippen molar-refractivity contribution in [1.29, 1.82) is 0 Å². The molecule has 1 unspecified atom stereocenters. The van der Waals surface area contributed by atoms with E-state index in [0.717, 1.165) is 49.6 Å². The molecule has 1 aromatic heterocycles. The van der Waals surface area contributed by atoms with Gasteiger partial charge in [0.2, 0.25) is 5.91 Å². The van der Waals surface area contributed by atoms with Gasteiger partial charge in [0.15, 0.2) is 5.96 Å². The zero-order valence-corrected chi connectivity index (χ0v) is 17.1. The Labute approximate surface area is 172 Å². The monoisotopic (exact) mass is 394 g/mol. The van der Waals surface area contributed by atoms with Crippen LogP contribution in [0.3, 0.4) is 0 Å². The molecule has 0 spiro atoms. The second kappa shape index (κ2) is 9.11. The fraction of sp³-hybridized carbons (Fsp3) is 0.500. The average Bonchev–Trinajstić information content (AvgIpc) is 3.53. The zero-order valence-electron chi connectivity index (χ0n) is 17.1. The van der Waals surface area contributed by atoms with Crippen molar-refractivity contribution in [2.45, 2.75) is 44.7 Å². The third kappa shape index (κ3) is 4.78. The summed E-state index contributed by atoms with van der Waals surface area (Å²) in [6, 6.07) is 10.3. The van der Waals surface area contributed by atoms with E-state index in [4.69, 9.17) is 0 Å². The number of hydrogen-bond donors (Lipinski definition) is 2. The molecule has 29 heavy (non-hydrogen) atoms. The molecule has 1 aliphatic carbocycles. The molecule has 1 aromatic carbocycles. The van der Waals surface area contributed by atoms with E-state index in [1.807, 2.05) is 52.3 Å². The van der Waals surface area contributed by atoms with Crippen molar-refractivity contribution < 1.29 is 4.79 Å². The second-order valence-corrected chi connectivity index (χ2v) is 7.95. The maximum absolute atomic E-state index is 12.6. The lowest BCUT2D eigenvalue weighted by Gasteiger charge is -2.21. The standard InChI is InChI=1S/C22H30N6O/c1-23-22(24-13-17-14-25-28(15-17)20-9-3-2-4-10-20)26-19-11-12-27(16-19)21(29)18-7-5-6-8-18/h2-4,9-10,14-15,18-19H,5-8,11-13,16H2,1H3,(H2,23,24,26). The lowest BCUT2D eigenvalue weighted by atomic mass is 10.1. The van der Waals surface area contributed by atoms with Crippen molar-refractivity contribution in [3.63, 3.8) is 0 Å². The molecule has 2 aromatic rings. The quantitative estimate of drug-likeness (QED) is 0.603. The van der Waals surface area contributed by atoms with Gasteiger partial charge in [-0.2, -0.15) is 5.10 Å². The predicted molar refractivity (Wildman–Crippen MR) is 114 cm³/mol. The van der Waals surface area contributed by atoms with Crippen LogP contribution in [0.4, 0.5) is 0 Å². The van der Waals surface area contributed by atoms with Crippen LogP contribution in [-0.4, -0.2) is 52.7 Å². The maximum Gasteiger partial charge on any atom is 0.225 e. The first kappa shape index (κ1) is 19.5. The van der Waals surface area contributed by atoms with Gasteiger partial charge in [0, 0.05) is 50.4 Å². The minimum atomic E-state index is 0.249. The molecule has 1 saturated carbocycles. The smallest absolute Gasteiger partial charge is 0.225 e. The van der Waals surface area contributed by atoms with Gasteiger partial charge in [0.25, 0.3) is 0 Å². The summed E-state index contributed by atoms with van der Waals surface area (Å²) in [5, 5.41) is 11.3. The van der Waals surface area contributed by atoms with Crippen LogP contribution in [0.1, 0.15) is 37.7 Å². The van der Waals surface area contributed by atoms with Crippen LogP contribution in [0.15, 0.2) is 47.7 Å². The van der Waals surface area contributed by atoms with Crippen molar-refractivity contribution in [1.82, 2.24) is 25.3 Å². The largest absolute Gasteiger partial charge is 0.352 e. The summed E-state index contributed by atoms with van der Waals surface area (Å²) < 4.78 is 1.87. The van der Waals surface area contributed by atoms with E-state index in [9.17, 15) is 4.79 Å². The van der Waals surface area contributed by atoms with E-state index in [0.29, 0.717) is 12.5 Å². The number of para-hydroxylation sites is 1. The Morgan fingerprint density at radius 3 is 2.76 bits per heavy atom. The average molecular weight is 395 g/mol. The minimum absolute atomic E-state index is 0.249. The minimum Gasteiger partial charge on any atom is -0.352 e. The molecule has 2 heterocycles. The summed E-state index contributed by atoms with van der Waals surface area (Å²) in [5.74, 6) is 1.37. The topological polar surface area (TPSA) is 74.6 Å². The molecule has 154 valence electrons. The molecular formula is C22H30N6O. The highest BCUT2D eigenvalue weighted by Gasteiger charge is 2.32. The van der Waals surface area contributed by atoms with Gasteiger partial charge in [0.1, 0.15) is 0 Å². The van der Waals surface area contributed by atoms with Gasteiger partial charge in [-0.15, -0.1) is 0 Å². The number of nitrogens with one attached hydrogen (secondary N) is 2. The van der Waals surface area contributed by atoms with E-state index in [-0.39, 0.29) is 12.0 Å². The van der Waals surface area contributed by atoms with E-state index in [1.54, 1.807) is 7.05 Å². The molecule has 2 aliphatic rings. The number of benzene rings is 1. The third-order valence-corrected chi connectivity index (χ3v) is 5.89. The molecular weight excluding hydrogens is 364 g/mol. The molecule has 1 saturated heterocycles. The summed E-state index contributed by atoms with van der Waals surface area (Å²) in [4.78, 5) is 19.0. The van der Waals surface area contributed by atoms with Crippen molar-refractivity contribution in [3.05, 3.63) is 48.3 Å². The Balaban J connectivity index is 1.26. The van der Waals surface area contributed by atoms with Gasteiger partial charge in [-0.25, -0.2) is 4.68 Å². The lowest BCUT2D eigenvalue weighted by Crippen LogP contribution is -2.45. The van der Waals surface area contributed by atoms with Crippen LogP contribution in [0, 0.1) is 5.92 Å². The van der Waals surface area contributed by atoms with Gasteiger partial charge < -0.3 is 15.5 Å². The van der Waals surface area contributed by atoms with Crippen molar-refractivity contribution in [2.75, 3.05) is 20.1 Å². The Morgan fingerprint density at radius 1 is 1.21 bits per heavy atom. The Kier molecular flexibility index (Phi) is 6.12. The Bertz CT molecular complexity index is 840. The van der Waals surface area contributed by atoms with E-state index < -0.39 is 0 Å². The first-order valence-corrected chi connectivity index (χ1v) is 10.6. The molecule has 1 amide bonds. The number of hydrogen-bond acceptors (Lipinski definition) is 3. The van der Waals surface area contributed by atoms with E-state index in [2.05, 4.69) is 20.7 Å². The fourth-order valence-electron chi connectivity index (χ4n) is 4.26. The lowest BCUT2D eigenvalue weighted by molar-refractivity contribution is -0.134. The number of nitrogens with zero attached hydrogens (tertiary/aromatic N) is 4. The van der Waals surface area contributed by atoms with Crippen LogP contribution in [0.5, 0.6) is 0 Å². The number of rotatable bonds is 5. The molecule has 4 rings (SSSR count). The van der Waals surface area contributed by atoms with Crippen LogP contribution >= 0.6 is 0 Å². The number of aliphatic imine (C=N–C) groups is 1. The number of carbonyl (C=O) groups is 1. The SMILES string of the molecule is CN=C(NCc1cnn(-c2ccccc2)c1)NC1CCN(C(=O)C2CCCC2)C1. The molecule has 1 atom stereocenters. The molecule has 2 fully saturated rings. The number of amides is 1. The van der Waals surface area contributed by atoms with Gasteiger partial charge in [-0.3, -0.25) is 9.79 Å². The molecule has 0 radical (unpaired) electrons. The fourth-order valence-corrected chi connectivity index (χ4v) is 4.26. The summed E-state index contributed by atoms with van der Waals surface area (Å²) in [7, 11) is 1.78.